The Kier molecular flexibility index (Phi) is 8.28. The summed E-state index contributed by atoms with van der Waals surface area (Å²) >= 11 is 0. The fourth-order valence-electron chi connectivity index (χ4n) is 5.89. The van der Waals surface area contributed by atoms with Gasteiger partial charge in [0.05, 0.1) is 0 Å². The summed E-state index contributed by atoms with van der Waals surface area (Å²) in [7, 11) is 0. The molecule has 40 heavy (non-hydrogen) atoms. The lowest BCUT2D eigenvalue weighted by Gasteiger charge is -2.45. The number of fused-ring (bicyclic) bond motifs is 1. The first-order valence-electron chi connectivity index (χ1n) is 13.4. The first-order chi connectivity index (χ1) is 18.5. The van der Waals surface area contributed by atoms with E-state index < -0.39 is 30.2 Å². The minimum Gasteiger partial charge on any atom is -0.444 e. The number of hydrogen-bond acceptors (Lipinski definition) is 5. The number of hydrogen-bond donors (Lipinski definition) is 0. The second-order valence-electron chi connectivity index (χ2n) is 11.8. The van der Waals surface area contributed by atoms with Gasteiger partial charge >= 0.3 is 24.5 Å². The highest BCUT2D eigenvalue weighted by Gasteiger charge is 2.60. The van der Waals surface area contributed by atoms with E-state index in [1.165, 1.54) is 0 Å². The zero-order valence-corrected chi connectivity index (χ0v) is 22.8. The molecule has 0 aliphatic carbocycles. The van der Waals surface area contributed by atoms with Gasteiger partial charge in [-0.05, 0) is 76.1 Å². The maximum absolute atomic E-state index is 12.9. The fraction of sp³-hybridized carbons (Fsp3) is 0.704. The number of carbonyl (C=O) groups excluding carboxylic acids is 2. The predicted octanol–water partition coefficient (Wildman–Crippen LogP) is 6.04. The monoisotopic (exact) mass is 579 g/mol. The van der Waals surface area contributed by atoms with Gasteiger partial charge in [0.25, 0.3) is 6.10 Å². The molecular formula is C27H35F6N3O4. The molecule has 3 aliphatic heterocycles. The van der Waals surface area contributed by atoms with E-state index in [2.05, 4.69) is 9.64 Å². The highest BCUT2D eigenvalue weighted by Crippen LogP contribution is 2.41. The number of alkyl halides is 6. The van der Waals surface area contributed by atoms with Crippen LogP contribution in [-0.2, 0) is 29.0 Å². The van der Waals surface area contributed by atoms with E-state index in [4.69, 9.17) is 4.74 Å². The van der Waals surface area contributed by atoms with Crippen molar-refractivity contribution in [2.24, 2.45) is 0 Å². The van der Waals surface area contributed by atoms with Crippen molar-refractivity contribution in [2.45, 2.75) is 95.6 Å². The molecule has 0 bridgehead atoms. The third-order valence-corrected chi connectivity index (χ3v) is 7.89. The molecular weight excluding hydrogens is 544 g/mol. The van der Waals surface area contributed by atoms with Crippen LogP contribution in [0.5, 0.6) is 0 Å². The third kappa shape index (κ3) is 6.77. The van der Waals surface area contributed by atoms with Crippen molar-refractivity contribution in [2.75, 3.05) is 26.2 Å². The molecule has 2 fully saturated rings. The summed E-state index contributed by atoms with van der Waals surface area (Å²) in [5, 5.41) is 0. The van der Waals surface area contributed by atoms with Gasteiger partial charge in [-0.1, -0.05) is 18.2 Å². The van der Waals surface area contributed by atoms with Crippen LogP contribution in [0.3, 0.4) is 0 Å². The number of rotatable bonds is 3. The van der Waals surface area contributed by atoms with Crippen LogP contribution in [0.15, 0.2) is 18.2 Å². The molecule has 1 aromatic carbocycles. The predicted molar refractivity (Wildman–Crippen MR) is 132 cm³/mol. The third-order valence-electron chi connectivity index (χ3n) is 7.89. The molecule has 2 amide bonds. The van der Waals surface area contributed by atoms with Crippen molar-refractivity contribution >= 4 is 12.2 Å². The Labute approximate surface area is 229 Å². The standard InChI is InChI=1S/C27H35F6N3O4/c1-24(2,3)40-23(38)35-13-8-18-6-4-7-19(20(18)17-35)16-36-12-5-9-25(36)10-14-34(15-11-25)22(37)39-21(26(28,29)30)27(31,32)33/h4,6-7,21H,5,8-17H2,1-3H3. The topological polar surface area (TPSA) is 62.3 Å². The Morgan fingerprint density at radius 1 is 0.900 bits per heavy atom. The molecule has 0 radical (unpaired) electrons. The molecule has 224 valence electrons. The van der Waals surface area contributed by atoms with Gasteiger partial charge in [-0.15, -0.1) is 0 Å². The molecule has 1 spiro atoms. The molecule has 0 aromatic heterocycles. The van der Waals surface area contributed by atoms with Crippen molar-refractivity contribution in [1.82, 2.24) is 14.7 Å². The Balaban J connectivity index is 1.42. The van der Waals surface area contributed by atoms with Crippen LogP contribution in [0.2, 0.25) is 0 Å². The van der Waals surface area contributed by atoms with Gasteiger partial charge in [0.15, 0.2) is 0 Å². The van der Waals surface area contributed by atoms with Crippen LogP contribution in [0, 0.1) is 0 Å². The van der Waals surface area contributed by atoms with E-state index >= 15 is 0 Å². The number of halogens is 6. The highest BCUT2D eigenvalue weighted by atomic mass is 19.4. The van der Waals surface area contributed by atoms with Crippen molar-refractivity contribution in [3.8, 4) is 0 Å². The highest BCUT2D eigenvalue weighted by molar-refractivity contribution is 5.69. The van der Waals surface area contributed by atoms with E-state index in [1.807, 2.05) is 39.0 Å². The summed E-state index contributed by atoms with van der Waals surface area (Å²) in [4.78, 5) is 29.9. The molecule has 3 aliphatic rings. The number of ether oxygens (including phenoxy) is 2. The molecule has 0 saturated carbocycles. The number of benzene rings is 1. The minimum absolute atomic E-state index is 0.00289. The first kappa shape index (κ1) is 30.3. The van der Waals surface area contributed by atoms with Gasteiger partial charge in [0.1, 0.15) is 5.60 Å². The van der Waals surface area contributed by atoms with Gasteiger partial charge in [-0.25, -0.2) is 9.59 Å². The van der Waals surface area contributed by atoms with Gasteiger partial charge in [0.2, 0.25) is 0 Å². The molecule has 0 N–H and O–H groups in total. The maximum atomic E-state index is 12.9. The summed E-state index contributed by atoms with van der Waals surface area (Å²) in [5.41, 5.74) is 2.35. The molecule has 0 atom stereocenters. The number of amides is 2. The lowest BCUT2D eigenvalue weighted by Crippen LogP contribution is -2.54. The second-order valence-corrected chi connectivity index (χ2v) is 11.8. The quantitative estimate of drug-likeness (QED) is 0.409. The molecule has 3 heterocycles. The lowest BCUT2D eigenvalue weighted by atomic mass is 9.84. The summed E-state index contributed by atoms with van der Waals surface area (Å²) in [5.74, 6) is 0. The zero-order chi connectivity index (χ0) is 29.5. The summed E-state index contributed by atoms with van der Waals surface area (Å²) < 4.78 is 86.6. The van der Waals surface area contributed by atoms with E-state index in [0.29, 0.717) is 38.9 Å². The fourth-order valence-corrected chi connectivity index (χ4v) is 5.89. The van der Waals surface area contributed by atoms with Crippen molar-refractivity contribution in [1.29, 1.82) is 0 Å². The second kappa shape index (κ2) is 10.9. The van der Waals surface area contributed by atoms with E-state index in [9.17, 15) is 35.9 Å². The van der Waals surface area contributed by atoms with Gasteiger partial charge < -0.3 is 19.3 Å². The van der Waals surface area contributed by atoms with Crippen LogP contribution >= 0.6 is 0 Å². The van der Waals surface area contributed by atoms with Crippen LogP contribution in [-0.4, -0.2) is 82.7 Å². The van der Waals surface area contributed by atoms with Crippen LogP contribution in [0.4, 0.5) is 35.9 Å². The average Bonchev–Trinajstić information content (AvgIpc) is 3.21. The van der Waals surface area contributed by atoms with E-state index in [0.717, 1.165) is 41.0 Å². The minimum atomic E-state index is -5.75. The molecule has 0 unspecified atom stereocenters. The molecule has 7 nitrogen and oxygen atoms in total. The van der Waals surface area contributed by atoms with Crippen LogP contribution in [0.1, 0.15) is 63.1 Å². The van der Waals surface area contributed by atoms with Gasteiger partial charge in [-0.2, -0.15) is 26.3 Å². The number of likely N-dealkylation sites (tertiary alicyclic amines) is 2. The molecule has 2 saturated heterocycles. The normalized spacial score (nSPS) is 20.1. The summed E-state index contributed by atoms with van der Waals surface area (Å²) in [6.45, 7) is 7.77. The van der Waals surface area contributed by atoms with E-state index in [-0.39, 0.29) is 24.7 Å². The molecule has 1 aromatic rings. The van der Waals surface area contributed by atoms with Gasteiger partial charge in [0, 0.05) is 38.3 Å². The SMILES string of the molecule is CC(C)(C)OC(=O)N1CCc2cccc(CN3CCCC34CCN(C(=O)OC(C(F)(F)F)C(F)(F)F)CC4)c2C1. The largest absolute Gasteiger partial charge is 0.444 e. The smallest absolute Gasteiger partial charge is 0.434 e. The first-order valence-corrected chi connectivity index (χ1v) is 13.4. The average molecular weight is 580 g/mol. The molecule has 4 rings (SSSR count). The lowest BCUT2D eigenvalue weighted by molar-refractivity contribution is -0.308. The van der Waals surface area contributed by atoms with E-state index in [1.54, 1.807) is 4.90 Å². The summed E-state index contributed by atoms with van der Waals surface area (Å²) in [6.07, 6.45) is -14.4. The number of carbonyl (C=O) groups is 2. The maximum Gasteiger partial charge on any atom is 0.434 e. The van der Waals surface area contributed by atoms with Crippen molar-refractivity contribution < 1.29 is 45.4 Å². The van der Waals surface area contributed by atoms with Crippen LogP contribution < -0.4 is 0 Å². The number of nitrogens with zero attached hydrogens (tertiary/aromatic N) is 3. The van der Waals surface area contributed by atoms with Crippen molar-refractivity contribution in [3.63, 3.8) is 0 Å². The van der Waals surface area contributed by atoms with Gasteiger partial charge in [-0.3, -0.25) is 4.90 Å². The summed E-state index contributed by atoms with van der Waals surface area (Å²) in [6, 6.07) is 6.05. The Hall–Kier alpha value is -2.70. The van der Waals surface area contributed by atoms with Crippen molar-refractivity contribution in [3.05, 3.63) is 34.9 Å². The number of piperidine rings is 1. The molecule has 13 heteroatoms. The zero-order valence-electron chi connectivity index (χ0n) is 22.8. The van der Waals surface area contributed by atoms with Crippen LogP contribution in [0.25, 0.3) is 0 Å². The Morgan fingerprint density at radius 2 is 1.55 bits per heavy atom. The Bertz CT molecular complexity index is 1080. The Morgan fingerprint density at radius 3 is 2.15 bits per heavy atom.